The van der Waals surface area contributed by atoms with Crippen molar-refractivity contribution in [3.05, 3.63) is 48.1 Å². The lowest BCUT2D eigenvalue weighted by Crippen LogP contribution is -2.52. The molecule has 8 nitrogen and oxygen atoms in total. The fraction of sp³-hybridized carbons (Fsp3) is 0.409. The lowest BCUT2D eigenvalue weighted by molar-refractivity contribution is -0.136. The number of hydrogen-bond donors (Lipinski definition) is 0. The standard InChI is InChI=1S/C22H25N7OS/c30-21(28-12-14-29(15-13-28)22-23-8-2-9-24-22)17-6-10-27(11-7-17)20-5-4-18(25-26-20)19-3-1-16-31-19/h1-5,8-9,16-17H,6-7,10-15H2. The van der Waals surface area contributed by atoms with Crippen LogP contribution in [0.2, 0.25) is 0 Å². The summed E-state index contributed by atoms with van der Waals surface area (Å²) in [6.07, 6.45) is 5.23. The van der Waals surface area contributed by atoms with Gasteiger partial charge in [-0.25, -0.2) is 9.97 Å². The van der Waals surface area contributed by atoms with E-state index in [1.165, 1.54) is 0 Å². The largest absolute Gasteiger partial charge is 0.355 e. The molecular weight excluding hydrogens is 410 g/mol. The second-order valence-corrected chi connectivity index (χ2v) is 8.82. The molecule has 0 aromatic carbocycles. The van der Waals surface area contributed by atoms with Crippen LogP contribution in [0.1, 0.15) is 12.8 Å². The number of hydrogen-bond acceptors (Lipinski definition) is 8. The van der Waals surface area contributed by atoms with Crippen LogP contribution in [0.5, 0.6) is 0 Å². The Morgan fingerprint density at radius 3 is 2.29 bits per heavy atom. The number of piperidine rings is 1. The Morgan fingerprint density at radius 1 is 0.871 bits per heavy atom. The molecule has 9 heteroatoms. The van der Waals surface area contributed by atoms with Gasteiger partial charge in [-0.1, -0.05) is 6.07 Å². The first-order chi connectivity index (χ1) is 15.3. The quantitative estimate of drug-likeness (QED) is 0.623. The Hall–Kier alpha value is -3.07. The minimum atomic E-state index is 0.0918. The van der Waals surface area contributed by atoms with Gasteiger partial charge in [0.2, 0.25) is 11.9 Å². The molecule has 160 valence electrons. The van der Waals surface area contributed by atoms with Crippen LogP contribution in [0.4, 0.5) is 11.8 Å². The fourth-order valence-corrected chi connectivity index (χ4v) is 4.94. The number of carbonyl (C=O) groups excluding carboxylic acids is 1. The van der Waals surface area contributed by atoms with Crippen LogP contribution < -0.4 is 9.80 Å². The van der Waals surface area contributed by atoms with Crippen molar-refractivity contribution < 1.29 is 4.79 Å². The van der Waals surface area contributed by atoms with E-state index in [0.717, 1.165) is 74.4 Å². The average molecular weight is 436 g/mol. The van der Waals surface area contributed by atoms with E-state index in [4.69, 9.17) is 0 Å². The summed E-state index contributed by atoms with van der Waals surface area (Å²) >= 11 is 1.67. The molecule has 0 unspecified atom stereocenters. The number of anilines is 2. The van der Waals surface area contributed by atoms with Crippen molar-refractivity contribution in [1.82, 2.24) is 25.1 Å². The molecule has 0 N–H and O–H groups in total. The molecule has 2 aliphatic heterocycles. The summed E-state index contributed by atoms with van der Waals surface area (Å²) in [5.41, 5.74) is 0.906. The van der Waals surface area contributed by atoms with E-state index in [1.807, 2.05) is 34.5 Å². The third-order valence-electron chi connectivity index (χ3n) is 6.02. The molecule has 0 spiro atoms. The van der Waals surface area contributed by atoms with Crippen LogP contribution in [0.15, 0.2) is 48.1 Å². The number of thiophene rings is 1. The predicted molar refractivity (Wildman–Crippen MR) is 121 cm³/mol. The van der Waals surface area contributed by atoms with Gasteiger partial charge in [0, 0.05) is 57.6 Å². The van der Waals surface area contributed by atoms with Crippen molar-refractivity contribution in [3.8, 4) is 10.6 Å². The van der Waals surface area contributed by atoms with E-state index in [2.05, 4.69) is 36.0 Å². The predicted octanol–water partition coefficient (Wildman–Crippen LogP) is 2.56. The van der Waals surface area contributed by atoms with Crippen LogP contribution >= 0.6 is 11.3 Å². The topological polar surface area (TPSA) is 78.4 Å². The zero-order valence-corrected chi connectivity index (χ0v) is 18.1. The maximum absolute atomic E-state index is 13.0. The van der Waals surface area contributed by atoms with Crippen LogP contribution in [-0.4, -0.2) is 70.2 Å². The lowest BCUT2D eigenvalue weighted by atomic mass is 9.95. The van der Waals surface area contributed by atoms with Gasteiger partial charge in [-0.05, 0) is 42.5 Å². The number of aromatic nitrogens is 4. The van der Waals surface area contributed by atoms with Crippen molar-refractivity contribution in [3.63, 3.8) is 0 Å². The SMILES string of the molecule is O=C(C1CCN(c2ccc(-c3cccs3)nn2)CC1)N1CCN(c2ncccn2)CC1. The molecule has 3 aromatic heterocycles. The highest BCUT2D eigenvalue weighted by Gasteiger charge is 2.31. The molecule has 0 atom stereocenters. The number of carbonyl (C=O) groups is 1. The Kier molecular flexibility index (Phi) is 5.75. The minimum absolute atomic E-state index is 0.0918. The lowest BCUT2D eigenvalue weighted by Gasteiger charge is -2.38. The Balaban J connectivity index is 1.12. The number of amides is 1. The first-order valence-corrected chi connectivity index (χ1v) is 11.6. The van der Waals surface area contributed by atoms with Gasteiger partial charge >= 0.3 is 0 Å². The molecule has 5 rings (SSSR count). The minimum Gasteiger partial charge on any atom is -0.355 e. The molecule has 5 heterocycles. The van der Waals surface area contributed by atoms with E-state index in [0.29, 0.717) is 0 Å². The fourth-order valence-electron chi connectivity index (χ4n) is 4.24. The smallest absolute Gasteiger partial charge is 0.225 e. The Morgan fingerprint density at radius 2 is 1.65 bits per heavy atom. The van der Waals surface area contributed by atoms with Crippen LogP contribution in [-0.2, 0) is 4.79 Å². The van der Waals surface area contributed by atoms with Crippen molar-refractivity contribution in [2.24, 2.45) is 5.92 Å². The highest BCUT2D eigenvalue weighted by Crippen LogP contribution is 2.26. The van der Waals surface area contributed by atoms with E-state index < -0.39 is 0 Å². The van der Waals surface area contributed by atoms with Crippen LogP contribution in [0, 0.1) is 5.92 Å². The molecule has 3 aromatic rings. The summed E-state index contributed by atoms with van der Waals surface area (Å²) in [5, 5.41) is 10.9. The molecule has 0 bridgehead atoms. The van der Waals surface area contributed by atoms with E-state index in [-0.39, 0.29) is 11.8 Å². The molecule has 0 saturated carbocycles. The second kappa shape index (κ2) is 8.97. The van der Waals surface area contributed by atoms with Gasteiger partial charge in [-0.2, -0.15) is 0 Å². The van der Waals surface area contributed by atoms with Gasteiger partial charge in [0.15, 0.2) is 5.82 Å². The van der Waals surface area contributed by atoms with Gasteiger partial charge in [-0.15, -0.1) is 21.5 Å². The van der Waals surface area contributed by atoms with Crippen LogP contribution in [0.3, 0.4) is 0 Å². The molecule has 2 aliphatic rings. The van der Waals surface area contributed by atoms with E-state index >= 15 is 0 Å². The third kappa shape index (κ3) is 4.36. The van der Waals surface area contributed by atoms with Crippen molar-refractivity contribution in [2.45, 2.75) is 12.8 Å². The molecule has 0 aliphatic carbocycles. The number of piperazine rings is 1. The molecule has 31 heavy (non-hydrogen) atoms. The monoisotopic (exact) mass is 435 g/mol. The van der Waals surface area contributed by atoms with Gasteiger partial charge in [0.1, 0.15) is 5.69 Å². The molecule has 2 fully saturated rings. The first-order valence-electron chi connectivity index (χ1n) is 10.7. The number of rotatable bonds is 4. The summed E-state index contributed by atoms with van der Waals surface area (Å²) in [6.45, 7) is 4.68. The third-order valence-corrected chi connectivity index (χ3v) is 6.91. The first kappa shape index (κ1) is 19.9. The number of nitrogens with zero attached hydrogens (tertiary/aromatic N) is 7. The zero-order valence-electron chi connectivity index (χ0n) is 17.3. The Bertz CT molecular complexity index is 980. The average Bonchev–Trinajstić information content (AvgIpc) is 3.40. The van der Waals surface area contributed by atoms with Gasteiger partial charge in [0.25, 0.3) is 0 Å². The molecular formula is C22H25N7OS. The van der Waals surface area contributed by atoms with Crippen molar-refractivity contribution in [2.75, 3.05) is 49.1 Å². The zero-order chi connectivity index (χ0) is 21.0. The van der Waals surface area contributed by atoms with E-state index in [9.17, 15) is 4.79 Å². The molecule has 0 radical (unpaired) electrons. The van der Waals surface area contributed by atoms with E-state index in [1.54, 1.807) is 23.7 Å². The summed E-state index contributed by atoms with van der Waals surface area (Å²) < 4.78 is 0. The summed E-state index contributed by atoms with van der Waals surface area (Å²) in [7, 11) is 0. The summed E-state index contributed by atoms with van der Waals surface area (Å²) in [5.74, 6) is 2.01. The van der Waals surface area contributed by atoms with Gasteiger partial charge in [0.05, 0.1) is 4.88 Å². The van der Waals surface area contributed by atoms with Crippen LogP contribution in [0.25, 0.3) is 10.6 Å². The highest BCUT2D eigenvalue weighted by molar-refractivity contribution is 7.13. The maximum Gasteiger partial charge on any atom is 0.225 e. The highest BCUT2D eigenvalue weighted by atomic mass is 32.1. The van der Waals surface area contributed by atoms with Crippen molar-refractivity contribution >= 4 is 29.0 Å². The van der Waals surface area contributed by atoms with Gasteiger partial charge in [-0.3, -0.25) is 4.79 Å². The summed E-state index contributed by atoms with van der Waals surface area (Å²) in [6, 6.07) is 9.96. The van der Waals surface area contributed by atoms with Crippen molar-refractivity contribution in [1.29, 1.82) is 0 Å². The summed E-state index contributed by atoms with van der Waals surface area (Å²) in [4.78, 5) is 29.2. The normalized spacial score (nSPS) is 17.7. The van der Waals surface area contributed by atoms with Gasteiger partial charge < -0.3 is 14.7 Å². The maximum atomic E-state index is 13.0. The molecule has 2 saturated heterocycles. The molecule has 1 amide bonds. The second-order valence-electron chi connectivity index (χ2n) is 7.88. The Labute approximate surface area is 185 Å².